The predicted octanol–water partition coefficient (Wildman–Crippen LogP) is 2.12. The van der Waals surface area contributed by atoms with Gasteiger partial charge in [0.1, 0.15) is 0 Å². The molecular formula is C10H10N4S. The fourth-order valence-corrected chi connectivity index (χ4v) is 2.06. The number of pyridine rings is 1. The van der Waals surface area contributed by atoms with Gasteiger partial charge in [-0.25, -0.2) is 0 Å². The molecule has 2 heterocycles. The first kappa shape index (κ1) is 9.99. The van der Waals surface area contributed by atoms with Gasteiger partial charge in [-0.3, -0.25) is 4.40 Å². The Morgan fingerprint density at radius 1 is 1.53 bits per heavy atom. The number of hydrogen-bond acceptors (Lipinski definition) is 4. The topological polar surface area (TPSA) is 54.0 Å². The summed E-state index contributed by atoms with van der Waals surface area (Å²) >= 11 is 1.45. The van der Waals surface area contributed by atoms with Crippen molar-refractivity contribution in [3.05, 3.63) is 24.4 Å². The molecule has 0 aliphatic carbocycles. The number of hydrogen-bond donors (Lipinski definition) is 0. The lowest BCUT2D eigenvalue weighted by Gasteiger charge is -2.02. The summed E-state index contributed by atoms with van der Waals surface area (Å²) in [6, 6.07) is 7.97. The molecule has 2 aromatic heterocycles. The summed E-state index contributed by atoms with van der Waals surface area (Å²) in [5, 5.41) is 17.7. The van der Waals surface area contributed by atoms with E-state index in [0.29, 0.717) is 0 Å². The number of nitrogens with zero attached hydrogens (tertiary/aromatic N) is 4. The van der Waals surface area contributed by atoms with Crippen molar-refractivity contribution in [3.63, 3.8) is 0 Å². The molecule has 0 amide bonds. The van der Waals surface area contributed by atoms with Crippen LogP contribution in [0.3, 0.4) is 0 Å². The van der Waals surface area contributed by atoms with Crippen molar-refractivity contribution in [1.82, 2.24) is 14.6 Å². The second-order valence-electron chi connectivity index (χ2n) is 3.06. The Kier molecular flexibility index (Phi) is 2.88. The summed E-state index contributed by atoms with van der Waals surface area (Å²) in [4.78, 5) is 0. The standard InChI is InChI=1S/C10H10N4S/c1-2-8(7-11)15-10-13-12-9-5-3-4-6-14(9)10/h3-6,8H,2H2,1H3. The summed E-state index contributed by atoms with van der Waals surface area (Å²) in [6.07, 6.45) is 2.71. The molecule has 1 unspecified atom stereocenters. The van der Waals surface area contributed by atoms with Crippen LogP contribution in [0.4, 0.5) is 0 Å². The molecule has 2 aromatic rings. The second-order valence-corrected chi connectivity index (χ2v) is 4.23. The molecule has 4 nitrogen and oxygen atoms in total. The van der Waals surface area contributed by atoms with E-state index in [2.05, 4.69) is 16.3 Å². The lowest BCUT2D eigenvalue weighted by Crippen LogP contribution is -1.97. The van der Waals surface area contributed by atoms with Gasteiger partial charge in [0.2, 0.25) is 0 Å². The maximum Gasteiger partial charge on any atom is 0.196 e. The fraction of sp³-hybridized carbons (Fsp3) is 0.300. The molecule has 0 bridgehead atoms. The Morgan fingerprint density at radius 2 is 2.40 bits per heavy atom. The molecule has 76 valence electrons. The average molecular weight is 218 g/mol. The molecule has 0 N–H and O–H groups in total. The van der Waals surface area contributed by atoms with E-state index in [-0.39, 0.29) is 5.25 Å². The van der Waals surface area contributed by atoms with Crippen molar-refractivity contribution in [2.45, 2.75) is 23.8 Å². The molecule has 0 saturated carbocycles. The zero-order chi connectivity index (χ0) is 10.7. The van der Waals surface area contributed by atoms with Gasteiger partial charge in [0.05, 0.1) is 11.3 Å². The highest BCUT2D eigenvalue weighted by Gasteiger charge is 2.11. The van der Waals surface area contributed by atoms with E-state index in [0.717, 1.165) is 17.2 Å². The van der Waals surface area contributed by atoms with Crippen LogP contribution in [0.2, 0.25) is 0 Å². The van der Waals surface area contributed by atoms with Crippen molar-refractivity contribution in [2.24, 2.45) is 0 Å². The molecule has 0 saturated heterocycles. The van der Waals surface area contributed by atoms with Gasteiger partial charge < -0.3 is 0 Å². The Bertz CT molecular complexity index is 499. The normalized spacial score (nSPS) is 12.5. The second kappa shape index (κ2) is 4.32. The minimum Gasteiger partial charge on any atom is -0.277 e. The highest BCUT2D eigenvalue weighted by atomic mass is 32.2. The first-order chi connectivity index (χ1) is 7.35. The molecule has 1 atom stereocenters. The molecule has 0 aromatic carbocycles. The molecular weight excluding hydrogens is 208 g/mol. The number of nitriles is 1. The number of fused-ring (bicyclic) bond motifs is 1. The van der Waals surface area contributed by atoms with E-state index in [1.54, 1.807) is 0 Å². The SMILES string of the molecule is CCC(C#N)Sc1nnc2ccccn12. The third-order valence-electron chi connectivity index (χ3n) is 2.04. The summed E-state index contributed by atoms with van der Waals surface area (Å²) < 4.78 is 1.89. The van der Waals surface area contributed by atoms with E-state index in [1.165, 1.54) is 11.8 Å². The summed E-state index contributed by atoms with van der Waals surface area (Å²) in [7, 11) is 0. The smallest absolute Gasteiger partial charge is 0.196 e. The molecule has 5 heteroatoms. The molecule has 2 rings (SSSR count). The lowest BCUT2D eigenvalue weighted by atomic mass is 10.4. The Hall–Kier alpha value is -1.54. The summed E-state index contributed by atoms with van der Waals surface area (Å²) in [5.41, 5.74) is 0.813. The van der Waals surface area contributed by atoms with Gasteiger partial charge in [0, 0.05) is 6.20 Å². The van der Waals surface area contributed by atoms with Gasteiger partial charge in [-0.1, -0.05) is 24.8 Å². The van der Waals surface area contributed by atoms with E-state index in [9.17, 15) is 0 Å². The van der Waals surface area contributed by atoms with Gasteiger partial charge >= 0.3 is 0 Å². The van der Waals surface area contributed by atoms with Crippen LogP contribution in [-0.2, 0) is 0 Å². The molecule has 0 fully saturated rings. The molecule has 0 spiro atoms. The summed E-state index contributed by atoms with van der Waals surface area (Å²) in [6.45, 7) is 1.99. The van der Waals surface area contributed by atoms with E-state index in [1.807, 2.05) is 35.7 Å². The van der Waals surface area contributed by atoms with Crippen molar-refractivity contribution in [2.75, 3.05) is 0 Å². The van der Waals surface area contributed by atoms with Crippen molar-refractivity contribution in [1.29, 1.82) is 5.26 Å². The quantitative estimate of drug-likeness (QED) is 0.740. The third-order valence-corrected chi connectivity index (χ3v) is 3.26. The van der Waals surface area contributed by atoms with Gasteiger partial charge in [-0.15, -0.1) is 10.2 Å². The van der Waals surface area contributed by atoms with Crippen LogP contribution in [-0.4, -0.2) is 19.8 Å². The third kappa shape index (κ3) is 1.95. The minimum absolute atomic E-state index is 0.0578. The first-order valence-corrected chi connectivity index (χ1v) is 5.59. The zero-order valence-corrected chi connectivity index (χ0v) is 9.11. The maximum atomic E-state index is 8.87. The highest BCUT2D eigenvalue weighted by Crippen LogP contribution is 2.23. The van der Waals surface area contributed by atoms with Crippen LogP contribution >= 0.6 is 11.8 Å². The average Bonchev–Trinajstić information content (AvgIpc) is 2.69. The molecule has 0 aliphatic rings. The van der Waals surface area contributed by atoms with Crippen LogP contribution < -0.4 is 0 Å². The van der Waals surface area contributed by atoms with Gasteiger partial charge in [-0.05, 0) is 18.6 Å². The largest absolute Gasteiger partial charge is 0.277 e. The fourth-order valence-electron chi connectivity index (χ4n) is 1.23. The van der Waals surface area contributed by atoms with Gasteiger partial charge in [-0.2, -0.15) is 5.26 Å². The zero-order valence-electron chi connectivity index (χ0n) is 8.29. The van der Waals surface area contributed by atoms with Crippen molar-refractivity contribution in [3.8, 4) is 6.07 Å². The molecule has 0 radical (unpaired) electrons. The van der Waals surface area contributed by atoms with E-state index in [4.69, 9.17) is 5.26 Å². The van der Waals surface area contributed by atoms with Gasteiger partial charge in [0.25, 0.3) is 0 Å². The van der Waals surface area contributed by atoms with Gasteiger partial charge in [0.15, 0.2) is 10.8 Å². The van der Waals surface area contributed by atoms with Crippen LogP contribution in [0.5, 0.6) is 0 Å². The van der Waals surface area contributed by atoms with Crippen LogP contribution in [0.1, 0.15) is 13.3 Å². The Labute approximate surface area is 91.9 Å². The Morgan fingerprint density at radius 3 is 3.13 bits per heavy atom. The highest BCUT2D eigenvalue weighted by molar-refractivity contribution is 8.00. The molecule has 15 heavy (non-hydrogen) atoms. The van der Waals surface area contributed by atoms with Crippen LogP contribution in [0.15, 0.2) is 29.6 Å². The van der Waals surface area contributed by atoms with Crippen LogP contribution in [0.25, 0.3) is 5.65 Å². The minimum atomic E-state index is -0.0578. The van der Waals surface area contributed by atoms with Crippen LogP contribution in [0, 0.1) is 11.3 Å². The number of rotatable bonds is 3. The first-order valence-electron chi connectivity index (χ1n) is 4.71. The maximum absolute atomic E-state index is 8.87. The summed E-state index contributed by atoms with van der Waals surface area (Å²) in [5.74, 6) is 0. The monoisotopic (exact) mass is 218 g/mol. The molecule has 0 aliphatic heterocycles. The van der Waals surface area contributed by atoms with E-state index >= 15 is 0 Å². The van der Waals surface area contributed by atoms with Crippen molar-refractivity contribution >= 4 is 17.4 Å². The number of aromatic nitrogens is 3. The number of thioether (sulfide) groups is 1. The van der Waals surface area contributed by atoms with E-state index < -0.39 is 0 Å². The Balaban J connectivity index is 2.33. The lowest BCUT2D eigenvalue weighted by molar-refractivity contribution is 0.903. The predicted molar refractivity (Wildman–Crippen MR) is 58.5 cm³/mol. The van der Waals surface area contributed by atoms with Crippen molar-refractivity contribution < 1.29 is 0 Å².